The predicted molar refractivity (Wildman–Crippen MR) is 82.9 cm³/mol. The van der Waals surface area contributed by atoms with Crippen LogP contribution in [0.25, 0.3) is 0 Å². The number of nitrogens with zero attached hydrogens (tertiary/aromatic N) is 1. The summed E-state index contributed by atoms with van der Waals surface area (Å²) in [6.07, 6.45) is 6.41. The van der Waals surface area contributed by atoms with E-state index in [1.54, 1.807) is 6.20 Å². The third-order valence-electron chi connectivity index (χ3n) is 4.07. The Kier molecular flexibility index (Phi) is 4.69. The fraction of sp³-hybridized carbons (Fsp3) is 0.706. The molecule has 0 radical (unpaired) electrons. The first-order valence-electron chi connectivity index (χ1n) is 7.79. The van der Waals surface area contributed by atoms with Crippen LogP contribution in [0.3, 0.4) is 0 Å². The molecule has 1 heterocycles. The Morgan fingerprint density at radius 1 is 1.40 bits per heavy atom. The Labute approximate surface area is 123 Å². The van der Waals surface area contributed by atoms with Crippen LogP contribution >= 0.6 is 0 Å². The molecule has 1 fully saturated rings. The molecule has 1 saturated carbocycles. The van der Waals surface area contributed by atoms with Crippen LogP contribution in [0.15, 0.2) is 18.5 Å². The van der Waals surface area contributed by atoms with Gasteiger partial charge < -0.3 is 10.1 Å². The van der Waals surface area contributed by atoms with Gasteiger partial charge in [0.15, 0.2) is 0 Å². The second-order valence-electron chi connectivity index (χ2n) is 6.85. The summed E-state index contributed by atoms with van der Waals surface area (Å²) < 4.78 is 5.77. The van der Waals surface area contributed by atoms with Gasteiger partial charge in [0.25, 0.3) is 0 Å². The Morgan fingerprint density at radius 3 is 2.65 bits per heavy atom. The molecule has 2 rings (SSSR count). The van der Waals surface area contributed by atoms with E-state index < -0.39 is 0 Å². The van der Waals surface area contributed by atoms with E-state index in [-0.39, 0.29) is 6.10 Å². The third-order valence-corrected chi connectivity index (χ3v) is 4.07. The maximum Gasteiger partial charge on any atom is 0.138 e. The zero-order valence-electron chi connectivity index (χ0n) is 13.4. The van der Waals surface area contributed by atoms with Crippen LogP contribution in [-0.2, 0) is 0 Å². The highest BCUT2D eigenvalue weighted by Gasteiger charge is 2.50. The number of nitrogens with one attached hydrogen (secondary N) is 1. The normalized spacial score (nSPS) is 21.8. The SMILES string of the molecule is CCCNC(c1cncc(OC(C)C)c1)C1CC1(C)C. The second-order valence-corrected chi connectivity index (χ2v) is 6.85. The largest absolute Gasteiger partial charge is 0.489 e. The summed E-state index contributed by atoms with van der Waals surface area (Å²) in [5, 5.41) is 3.69. The van der Waals surface area contributed by atoms with E-state index in [0.717, 1.165) is 18.7 Å². The Morgan fingerprint density at radius 2 is 2.10 bits per heavy atom. The van der Waals surface area contributed by atoms with E-state index >= 15 is 0 Å². The molecule has 0 aromatic carbocycles. The fourth-order valence-corrected chi connectivity index (χ4v) is 2.81. The molecule has 0 saturated heterocycles. The highest BCUT2D eigenvalue weighted by atomic mass is 16.5. The number of pyridine rings is 1. The van der Waals surface area contributed by atoms with Crippen molar-refractivity contribution in [3.63, 3.8) is 0 Å². The van der Waals surface area contributed by atoms with Crippen molar-refractivity contribution in [2.45, 2.75) is 59.6 Å². The van der Waals surface area contributed by atoms with Crippen molar-refractivity contribution in [3.8, 4) is 5.75 Å². The molecule has 0 aliphatic heterocycles. The highest BCUT2D eigenvalue weighted by molar-refractivity contribution is 5.28. The molecule has 0 spiro atoms. The first-order valence-corrected chi connectivity index (χ1v) is 7.79. The molecule has 1 aromatic rings. The second kappa shape index (κ2) is 6.13. The van der Waals surface area contributed by atoms with Crippen molar-refractivity contribution in [1.82, 2.24) is 10.3 Å². The van der Waals surface area contributed by atoms with E-state index in [9.17, 15) is 0 Å². The smallest absolute Gasteiger partial charge is 0.138 e. The summed E-state index contributed by atoms with van der Waals surface area (Å²) in [5.74, 6) is 1.57. The van der Waals surface area contributed by atoms with Crippen molar-refractivity contribution in [3.05, 3.63) is 24.0 Å². The number of aromatic nitrogens is 1. The molecular weight excluding hydrogens is 248 g/mol. The van der Waals surface area contributed by atoms with Crippen LogP contribution in [0.5, 0.6) is 5.75 Å². The van der Waals surface area contributed by atoms with Crippen molar-refractivity contribution < 1.29 is 4.74 Å². The lowest BCUT2D eigenvalue weighted by Crippen LogP contribution is -2.25. The van der Waals surface area contributed by atoms with Gasteiger partial charge in [0.05, 0.1) is 12.3 Å². The van der Waals surface area contributed by atoms with Gasteiger partial charge >= 0.3 is 0 Å². The van der Waals surface area contributed by atoms with Crippen LogP contribution in [0.4, 0.5) is 0 Å². The van der Waals surface area contributed by atoms with Gasteiger partial charge in [-0.2, -0.15) is 0 Å². The van der Waals surface area contributed by atoms with Gasteiger partial charge in [0, 0.05) is 12.2 Å². The Bertz CT molecular complexity index is 442. The summed E-state index contributed by atoms with van der Waals surface area (Å²) in [4.78, 5) is 4.36. The van der Waals surface area contributed by atoms with Crippen LogP contribution in [0.2, 0.25) is 0 Å². The lowest BCUT2D eigenvalue weighted by molar-refractivity contribution is 0.241. The topological polar surface area (TPSA) is 34.2 Å². The molecule has 20 heavy (non-hydrogen) atoms. The fourth-order valence-electron chi connectivity index (χ4n) is 2.81. The molecule has 1 N–H and O–H groups in total. The molecule has 2 unspecified atom stereocenters. The molecule has 3 nitrogen and oxygen atoms in total. The summed E-state index contributed by atoms with van der Waals surface area (Å²) >= 11 is 0. The molecule has 1 aromatic heterocycles. The monoisotopic (exact) mass is 276 g/mol. The van der Waals surface area contributed by atoms with Crippen molar-refractivity contribution in [1.29, 1.82) is 0 Å². The van der Waals surface area contributed by atoms with Crippen LogP contribution in [0.1, 0.15) is 59.1 Å². The number of rotatable bonds is 7. The number of hydrogen-bond acceptors (Lipinski definition) is 3. The standard InChI is InChI=1S/C17H28N2O/c1-6-7-19-16(15-9-17(15,4)5)13-8-14(11-18-10-13)20-12(2)3/h8,10-12,15-16,19H,6-7,9H2,1-5H3. The quantitative estimate of drug-likeness (QED) is 0.818. The highest BCUT2D eigenvalue weighted by Crippen LogP contribution is 2.57. The Hall–Kier alpha value is -1.09. The molecule has 1 aliphatic rings. The average Bonchev–Trinajstić information content (AvgIpc) is 2.98. The summed E-state index contributed by atoms with van der Waals surface area (Å²) in [7, 11) is 0. The van der Waals surface area contributed by atoms with Gasteiger partial charge in [-0.3, -0.25) is 4.98 Å². The first kappa shape index (κ1) is 15.3. The van der Waals surface area contributed by atoms with Crippen LogP contribution < -0.4 is 10.1 Å². The maximum absolute atomic E-state index is 5.77. The molecule has 0 bridgehead atoms. The van der Waals surface area contributed by atoms with Gasteiger partial charge in [-0.05, 0) is 56.2 Å². The molecule has 3 heteroatoms. The lowest BCUT2D eigenvalue weighted by atomic mass is 9.98. The molecule has 0 amide bonds. The van der Waals surface area contributed by atoms with E-state index in [2.05, 4.69) is 37.1 Å². The summed E-state index contributed by atoms with van der Waals surface area (Å²) in [6.45, 7) is 12.0. The van der Waals surface area contributed by atoms with E-state index in [4.69, 9.17) is 4.74 Å². The molecule has 2 atom stereocenters. The molecular formula is C17H28N2O. The van der Waals surface area contributed by atoms with Crippen LogP contribution in [-0.4, -0.2) is 17.6 Å². The van der Waals surface area contributed by atoms with Crippen molar-refractivity contribution in [2.75, 3.05) is 6.54 Å². The predicted octanol–water partition coefficient (Wildman–Crippen LogP) is 3.96. The number of ether oxygens (including phenoxy) is 1. The Balaban J connectivity index is 2.15. The average molecular weight is 276 g/mol. The minimum absolute atomic E-state index is 0.187. The van der Waals surface area contributed by atoms with Gasteiger partial charge in [-0.25, -0.2) is 0 Å². The third kappa shape index (κ3) is 3.72. The lowest BCUT2D eigenvalue weighted by Gasteiger charge is -2.21. The van der Waals surface area contributed by atoms with Gasteiger partial charge in [-0.15, -0.1) is 0 Å². The van der Waals surface area contributed by atoms with Gasteiger partial charge in [0.1, 0.15) is 5.75 Å². The van der Waals surface area contributed by atoms with Crippen molar-refractivity contribution >= 4 is 0 Å². The minimum Gasteiger partial charge on any atom is -0.489 e. The van der Waals surface area contributed by atoms with E-state index in [1.165, 1.54) is 12.0 Å². The van der Waals surface area contributed by atoms with Gasteiger partial charge in [0.2, 0.25) is 0 Å². The van der Waals surface area contributed by atoms with Crippen LogP contribution in [0, 0.1) is 11.3 Å². The van der Waals surface area contributed by atoms with Crippen molar-refractivity contribution in [2.24, 2.45) is 11.3 Å². The minimum atomic E-state index is 0.187. The van der Waals surface area contributed by atoms with E-state index in [1.807, 2.05) is 20.0 Å². The first-order chi connectivity index (χ1) is 9.44. The summed E-state index contributed by atoms with van der Waals surface area (Å²) in [6, 6.07) is 2.54. The number of hydrogen-bond donors (Lipinski definition) is 1. The summed E-state index contributed by atoms with van der Waals surface area (Å²) in [5.41, 5.74) is 1.70. The molecule has 1 aliphatic carbocycles. The maximum atomic E-state index is 5.77. The van der Waals surface area contributed by atoms with E-state index in [0.29, 0.717) is 17.4 Å². The zero-order chi connectivity index (χ0) is 14.8. The zero-order valence-corrected chi connectivity index (χ0v) is 13.4. The van der Waals surface area contributed by atoms with Gasteiger partial charge in [-0.1, -0.05) is 20.8 Å². The molecule has 112 valence electrons.